The van der Waals surface area contributed by atoms with Crippen LogP contribution in [0.1, 0.15) is 30.0 Å². The summed E-state index contributed by atoms with van der Waals surface area (Å²) < 4.78 is 5.06. The van der Waals surface area contributed by atoms with Gasteiger partial charge in [0, 0.05) is 13.7 Å². The van der Waals surface area contributed by atoms with Gasteiger partial charge in [-0.15, -0.1) is 10.2 Å². The van der Waals surface area contributed by atoms with Crippen LogP contribution < -0.4 is 4.90 Å². The minimum atomic E-state index is -0.827. The molecule has 22 heavy (non-hydrogen) atoms. The molecule has 0 saturated carbocycles. The molecule has 1 unspecified atom stereocenters. The molecule has 2 aromatic rings. The summed E-state index contributed by atoms with van der Waals surface area (Å²) in [6, 6.07) is 9.96. The summed E-state index contributed by atoms with van der Waals surface area (Å²) in [5, 5.41) is 18.7. The van der Waals surface area contributed by atoms with E-state index in [0.717, 1.165) is 10.6 Å². The lowest BCUT2D eigenvalue weighted by atomic mass is 10.1. The topological polar surface area (TPSA) is 75.6 Å². The van der Waals surface area contributed by atoms with Crippen molar-refractivity contribution in [3.8, 4) is 0 Å². The second kappa shape index (κ2) is 7.86. The Labute approximate surface area is 133 Å². The molecule has 1 aromatic heterocycles. The number of nitrogens with zero attached hydrogens (tertiary/aromatic N) is 3. The number of carboxylic acids is 1. The minimum Gasteiger partial charge on any atom is -0.481 e. The Kier molecular flexibility index (Phi) is 5.85. The Bertz CT molecular complexity index is 603. The standard InChI is InChI=1S/C15H19N3O3S/c1-11(12-6-4-3-5-7-12)18(9-8-14(19)20)15-17-16-13(22-15)10-21-2/h3-7,11H,8-10H2,1-2H3,(H,19,20). The number of methoxy groups -OCH3 is 1. The maximum absolute atomic E-state index is 10.9. The van der Waals surface area contributed by atoms with E-state index < -0.39 is 5.97 Å². The first-order valence-corrected chi connectivity index (χ1v) is 7.78. The van der Waals surface area contributed by atoms with Crippen molar-refractivity contribution >= 4 is 22.4 Å². The summed E-state index contributed by atoms with van der Waals surface area (Å²) in [5.74, 6) is -0.827. The zero-order valence-corrected chi connectivity index (χ0v) is 13.4. The third kappa shape index (κ3) is 4.25. The summed E-state index contributed by atoms with van der Waals surface area (Å²) in [6.45, 7) is 2.83. The van der Waals surface area contributed by atoms with Gasteiger partial charge in [0.05, 0.1) is 12.5 Å². The molecule has 0 saturated heterocycles. The van der Waals surface area contributed by atoms with Gasteiger partial charge in [-0.05, 0) is 12.5 Å². The van der Waals surface area contributed by atoms with Gasteiger partial charge in [0.15, 0.2) is 0 Å². The largest absolute Gasteiger partial charge is 0.481 e. The predicted molar refractivity (Wildman–Crippen MR) is 85.1 cm³/mol. The van der Waals surface area contributed by atoms with Gasteiger partial charge < -0.3 is 14.7 Å². The minimum absolute atomic E-state index is 0.0175. The Morgan fingerprint density at radius 1 is 1.36 bits per heavy atom. The van der Waals surface area contributed by atoms with E-state index in [2.05, 4.69) is 10.2 Å². The average molecular weight is 321 g/mol. The van der Waals surface area contributed by atoms with Crippen LogP contribution in [-0.4, -0.2) is 34.9 Å². The number of aliphatic carboxylic acids is 1. The van der Waals surface area contributed by atoms with Gasteiger partial charge in [-0.2, -0.15) is 0 Å². The smallest absolute Gasteiger partial charge is 0.305 e. The third-order valence-electron chi connectivity index (χ3n) is 3.29. The van der Waals surface area contributed by atoms with Gasteiger partial charge in [-0.1, -0.05) is 41.7 Å². The predicted octanol–water partition coefficient (Wildman–Crippen LogP) is 2.73. The van der Waals surface area contributed by atoms with Gasteiger partial charge in [0.2, 0.25) is 5.13 Å². The van der Waals surface area contributed by atoms with Crippen molar-refractivity contribution in [2.24, 2.45) is 0 Å². The Morgan fingerprint density at radius 2 is 2.09 bits per heavy atom. The van der Waals surface area contributed by atoms with Crippen molar-refractivity contribution in [2.45, 2.75) is 26.0 Å². The molecule has 1 atom stereocenters. The highest BCUT2D eigenvalue weighted by molar-refractivity contribution is 7.15. The first-order chi connectivity index (χ1) is 10.6. The fourth-order valence-corrected chi connectivity index (χ4v) is 3.04. The highest BCUT2D eigenvalue weighted by atomic mass is 32.1. The van der Waals surface area contributed by atoms with Gasteiger partial charge >= 0.3 is 5.97 Å². The number of anilines is 1. The summed E-state index contributed by atoms with van der Waals surface area (Å²) in [4.78, 5) is 12.9. The van der Waals surface area contributed by atoms with Gasteiger partial charge in [-0.3, -0.25) is 4.79 Å². The molecule has 1 aromatic carbocycles. The highest BCUT2D eigenvalue weighted by Crippen LogP contribution is 2.29. The van der Waals surface area contributed by atoms with Crippen LogP contribution in [0.15, 0.2) is 30.3 Å². The van der Waals surface area contributed by atoms with E-state index in [-0.39, 0.29) is 12.5 Å². The van der Waals surface area contributed by atoms with Crippen LogP contribution in [-0.2, 0) is 16.1 Å². The number of hydrogen-bond acceptors (Lipinski definition) is 6. The van der Waals surface area contributed by atoms with E-state index >= 15 is 0 Å². The molecule has 0 aliphatic carbocycles. The Morgan fingerprint density at radius 3 is 2.73 bits per heavy atom. The molecular formula is C15H19N3O3S. The molecule has 0 amide bonds. The molecule has 118 valence electrons. The summed E-state index contributed by atoms with van der Waals surface area (Å²) >= 11 is 1.43. The van der Waals surface area contributed by atoms with Crippen molar-refractivity contribution in [1.82, 2.24) is 10.2 Å². The third-order valence-corrected chi connectivity index (χ3v) is 4.22. The molecule has 2 rings (SSSR count). The molecule has 0 bridgehead atoms. The monoisotopic (exact) mass is 321 g/mol. The van der Waals surface area contributed by atoms with E-state index in [1.807, 2.05) is 42.2 Å². The Hall–Kier alpha value is -1.99. The van der Waals surface area contributed by atoms with Crippen molar-refractivity contribution in [2.75, 3.05) is 18.6 Å². The number of carboxylic acid groups (broad SMARTS) is 1. The average Bonchev–Trinajstić information content (AvgIpc) is 2.97. The number of rotatable bonds is 8. The fourth-order valence-electron chi connectivity index (χ4n) is 2.13. The van der Waals surface area contributed by atoms with Crippen molar-refractivity contribution < 1.29 is 14.6 Å². The van der Waals surface area contributed by atoms with Gasteiger partial charge in [-0.25, -0.2) is 0 Å². The van der Waals surface area contributed by atoms with Crippen molar-refractivity contribution in [3.63, 3.8) is 0 Å². The molecule has 0 spiro atoms. The van der Waals surface area contributed by atoms with Crippen LogP contribution in [0.4, 0.5) is 5.13 Å². The number of benzene rings is 1. The highest BCUT2D eigenvalue weighted by Gasteiger charge is 2.21. The van der Waals surface area contributed by atoms with Crippen molar-refractivity contribution in [3.05, 3.63) is 40.9 Å². The number of ether oxygens (including phenoxy) is 1. The molecule has 7 heteroatoms. The van der Waals surface area contributed by atoms with Crippen LogP contribution in [0, 0.1) is 0 Å². The molecule has 0 radical (unpaired) electrons. The molecule has 0 fully saturated rings. The lowest BCUT2D eigenvalue weighted by molar-refractivity contribution is -0.136. The number of aromatic nitrogens is 2. The second-order valence-corrected chi connectivity index (χ2v) is 5.88. The molecule has 6 nitrogen and oxygen atoms in total. The normalized spacial score (nSPS) is 12.1. The quantitative estimate of drug-likeness (QED) is 0.805. The maximum atomic E-state index is 10.9. The molecule has 1 N–H and O–H groups in total. The number of carbonyl (C=O) groups is 1. The second-order valence-electron chi connectivity index (χ2n) is 4.84. The van der Waals surface area contributed by atoms with E-state index in [4.69, 9.17) is 9.84 Å². The Balaban J connectivity index is 2.22. The fraction of sp³-hybridized carbons (Fsp3) is 0.400. The lowest BCUT2D eigenvalue weighted by Gasteiger charge is -2.28. The van der Waals surface area contributed by atoms with Crippen molar-refractivity contribution in [1.29, 1.82) is 0 Å². The zero-order chi connectivity index (χ0) is 15.9. The van der Waals surface area contributed by atoms with Crippen LogP contribution in [0.3, 0.4) is 0 Å². The molecule has 1 heterocycles. The van der Waals surface area contributed by atoms with E-state index in [1.165, 1.54) is 11.3 Å². The lowest BCUT2D eigenvalue weighted by Crippen LogP contribution is -2.29. The van der Waals surface area contributed by atoms with Gasteiger partial charge in [0.25, 0.3) is 0 Å². The maximum Gasteiger partial charge on any atom is 0.305 e. The van der Waals surface area contributed by atoms with E-state index in [1.54, 1.807) is 7.11 Å². The van der Waals surface area contributed by atoms with E-state index in [9.17, 15) is 4.79 Å². The number of hydrogen-bond donors (Lipinski definition) is 1. The first kappa shape index (κ1) is 16.4. The van der Waals surface area contributed by atoms with Crippen LogP contribution in [0.2, 0.25) is 0 Å². The summed E-state index contributed by atoms with van der Waals surface area (Å²) in [7, 11) is 1.61. The van der Waals surface area contributed by atoms with E-state index in [0.29, 0.717) is 18.3 Å². The SMILES string of the molecule is COCc1nnc(N(CCC(=O)O)C(C)c2ccccc2)s1. The zero-order valence-electron chi connectivity index (χ0n) is 12.6. The van der Waals surface area contributed by atoms with Crippen LogP contribution in [0.5, 0.6) is 0 Å². The summed E-state index contributed by atoms with van der Waals surface area (Å²) in [6.07, 6.45) is 0.0519. The first-order valence-electron chi connectivity index (χ1n) is 6.96. The van der Waals surface area contributed by atoms with Crippen LogP contribution in [0.25, 0.3) is 0 Å². The molecular weight excluding hydrogens is 302 g/mol. The molecule has 0 aliphatic heterocycles. The summed E-state index contributed by atoms with van der Waals surface area (Å²) in [5.41, 5.74) is 1.11. The van der Waals surface area contributed by atoms with Crippen LogP contribution >= 0.6 is 11.3 Å². The van der Waals surface area contributed by atoms with Gasteiger partial charge in [0.1, 0.15) is 11.6 Å². The molecule has 0 aliphatic rings.